The summed E-state index contributed by atoms with van der Waals surface area (Å²) in [5.41, 5.74) is 7.17. The lowest BCUT2D eigenvalue weighted by Gasteiger charge is -2.35. The van der Waals surface area contributed by atoms with Crippen molar-refractivity contribution in [3.05, 3.63) is 48.1 Å². The largest absolute Gasteiger partial charge is 0.369 e. The Balaban J connectivity index is 2.44. The molecular weight excluding hydrogens is 282 g/mol. The minimum Gasteiger partial charge on any atom is -0.369 e. The Bertz CT molecular complexity index is 620. The van der Waals surface area contributed by atoms with Gasteiger partial charge in [-0.1, -0.05) is 18.2 Å². The average molecular weight is 311 g/mol. The van der Waals surface area contributed by atoms with E-state index in [0.29, 0.717) is 6.54 Å². The van der Waals surface area contributed by atoms with Crippen molar-refractivity contribution in [1.29, 1.82) is 0 Å². The fourth-order valence-electron chi connectivity index (χ4n) is 3.02. The minimum absolute atomic E-state index is 0.652. The van der Waals surface area contributed by atoms with Gasteiger partial charge < -0.3 is 9.80 Å². The summed E-state index contributed by atoms with van der Waals surface area (Å²) in [6.07, 6.45) is 1.83. The van der Waals surface area contributed by atoms with E-state index in [9.17, 15) is 0 Å². The van der Waals surface area contributed by atoms with E-state index in [1.54, 1.807) is 0 Å². The van der Waals surface area contributed by atoms with Crippen LogP contribution >= 0.6 is 0 Å². The molecule has 1 heterocycles. The van der Waals surface area contributed by atoms with Crippen molar-refractivity contribution < 1.29 is 0 Å². The van der Waals surface area contributed by atoms with Gasteiger partial charge in [0.15, 0.2) is 0 Å². The SMILES string of the molecule is C=CCN=C(C)c1cc(N2CCN(C)CC2)c(C)cc1C(=C)C. The van der Waals surface area contributed by atoms with Crippen molar-refractivity contribution in [2.45, 2.75) is 20.8 Å². The molecule has 1 aliphatic heterocycles. The molecule has 0 unspecified atom stereocenters. The van der Waals surface area contributed by atoms with Crippen LogP contribution in [0.3, 0.4) is 0 Å². The molecule has 0 aliphatic carbocycles. The number of likely N-dealkylation sites (N-methyl/N-ethyl adjacent to an activating group) is 1. The molecule has 0 aromatic heterocycles. The predicted molar refractivity (Wildman–Crippen MR) is 103 cm³/mol. The highest BCUT2D eigenvalue weighted by Crippen LogP contribution is 2.29. The first kappa shape index (κ1) is 17.5. The lowest BCUT2D eigenvalue weighted by Crippen LogP contribution is -2.44. The highest BCUT2D eigenvalue weighted by atomic mass is 15.2. The van der Waals surface area contributed by atoms with E-state index in [4.69, 9.17) is 0 Å². The van der Waals surface area contributed by atoms with E-state index in [1.807, 2.05) is 6.08 Å². The second-order valence-electron chi connectivity index (χ2n) is 6.47. The van der Waals surface area contributed by atoms with E-state index < -0.39 is 0 Å². The fourth-order valence-corrected chi connectivity index (χ4v) is 3.02. The molecule has 0 saturated carbocycles. The molecule has 1 aromatic carbocycles. The summed E-state index contributed by atoms with van der Waals surface area (Å²) in [5.74, 6) is 0. The number of aryl methyl sites for hydroxylation is 1. The zero-order valence-corrected chi connectivity index (χ0v) is 15.0. The number of benzene rings is 1. The third-order valence-electron chi connectivity index (χ3n) is 4.49. The number of nitrogens with zero attached hydrogens (tertiary/aromatic N) is 3. The van der Waals surface area contributed by atoms with Gasteiger partial charge >= 0.3 is 0 Å². The number of hydrogen-bond donors (Lipinski definition) is 0. The normalized spacial score (nSPS) is 16.5. The summed E-state index contributed by atoms with van der Waals surface area (Å²) < 4.78 is 0. The summed E-state index contributed by atoms with van der Waals surface area (Å²) in [5, 5.41) is 0. The van der Waals surface area contributed by atoms with Crippen LogP contribution in [0.4, 0.5) is 5.69 Å². The molecular formula is C20H29N3. The van der Waals surface area contributed by atoms with E-state index in [0.717, 1.165) is 37.5 Å². The quantitative estimate of drug-likeness (QED) is 0.609. The van der Waals surface area contributed by atoms with Gasteiger partial charge in [-0.15, -0.1) is 6.58 Å². The molecule has 1 aliphatic rings. The zero-order chi connectivity index (χ0) is 17.0. The van der Waals surface area contributed by atoms with Gasteiger partial charge in [0.1, 0.15) is 0 Å². The van der Waals surface area contributed by atoms with Gasteiger partial charge in [-0.3, -0.25) is 4.99 Å². The average Bonchev–Trinajstić information content (AvgIpc) is 2.53. The Morgan fingerprint density at radius 3 is 2.39 bits per heavy atom. The highest BCUT2D eigenvalue weighted by Gasteiger charge is 2.18. The molecule has 0 N–H and O–H groups in total. The molecule has 0 bridgehead atoms. The molecule has 3 nitrogen and oxygen atoms in total. The lowest BCUT2D eigenvalue weighted by atomic mass is 9.94. The Labute approximate surface area is 141 Å². The standard InChI is InChI=1S/C20H29N3/c1-7-8-21-17(5)19-14-20(16(4)13-18(19)15(2)3)23-11-9-22(6)10-12-23/h7,13-14H,1-2,8-12H2,3-6H3. The molecule has 1 fully saturated rings. The summed E-state index contributed by atoms with van der Waals surface area (Å²) in [7, 11) is 2.19. The van der Waals surface area contributed by atoms with E-state index >= 15 is 0 Å². The fraction of sp³-hybridized carbons (Fsp3) is 0.450. The maximum Gasteiger partial charge on any atom is 0.0571 e. The predicted octanol–water partition coefficient (Wildman–Crippen LogP) is 3.77. The number of hydrogen-bond acceptors (Lipinski definition) is 3. The third-order valence-corrected chi connectivity index (χ3v) is 4.49. The van der Waals surface area contributed by atoms with Crippen LogP contribution in [0.5, 0.6) is 0 Å². The molecule has 0 atom stereocenters. The molecule has 0 amide bonds. The zero-order valence-electron chi connectivity index (χ0n) is 15.0. The van der Waals surface area contributed by atoms with Gasteiger partial charge in [-0.25, -0.2) is 0 Å². The smallest absolute Gasteiger partial charge is 0.0571 e. The second kappa shape index (κ2) is 7.60. The van der Waals surface area contributed by atoms with Gasteiger partial charge in [-0.2, -0.15) is 0 Å². The van der Waals surface area contributed by atoms with Crippen LogP contribution in [0.2, 0.25) is 0 Å². The van der Waals surface area contributed by atoms with Crippen LogP contribution < -0.4 is 4.90 Å². The molecule has 124 valence electrons. The van der Waals surface area contributed by atoms with Crippen LogP contribution in [0.25, 0.3) is 5.57 Å². The Kier molecular flexibility index (Phi) is 5.78. The van der Waals surface area contributed by atoms with Crippen LogP contribution in [0, 0.1) is 6.92 Å². The maximum absolute atomic E-state index is 4.61. The first-order valence-corrected chi connectivity index (χ1v) is 8.30. The molecule has 23 heavy (non-hydrogen) atoms. The van der Waals surface area contributed by atoms with Crippen molar-refractivity contribution in [3.8, 4) is 0 Å². The first-order chi connectivity index (χ1) is 10.9. The van der Waals surface area contributed by atoms with Crippen molar-refractivity contribution in [2.24, 2.45) is 4.99 Å². The number of allylic oxidation sites excluding steroid dienone is 1. The number of anilines is 1. The van der Waals surface area contributed by atoms with Gasteiger partial charge in [-0.05, 0) is 51.1 Å². The van der Waals surface area contributed by atoms with Crippen molar-refractivity contribution >= 4 is 17.0 Å². The van der Waals surface area contributed by atoms with Crippen LogP contribution in [0.1, 0.15) is 30.5 Å². The second-order valence-corrected chi connectivity index (χ2v) is 6.47. The Morgan fingerprint density at radius 1 is 1.17 bits per heavy atom. The molecule has 1 saturated heterocycles. The summed E-state index contributed by atoms with van der Waals surface area (Å²) in [6.45, 7) is 19.3. The van der Waals surface area contributed by atoms with E-state index in [2.05, 4.69) is 67.9 Å². The highest BCUT2D eigenvalue weighted by molar-refractivity contribution is 6.03. The summed E-state index contributed by atoms with van der Waals surface area (Å²) in [6, 6.07) is 4.56. The topological polar surface area (TPSA) is 18.8 Å². The monoisotopic (exact) mass is 311 g/mol. The first-order valence-electron chi connectivity index (χ1n) is 8.30. The maximum atomic E-state index is 4.61. The van der Waals surface area contributed by atoms with Crippen molar-refractivity contribution in [3.63, 3.8) is 0 Å². The number of piperazine rings is 1. The molecule has 3 heteroatoms. The number of aliphatic imine (C=N–C) groups is 1. The molecule has 0 radical (unpaired) electrons. The molecule has 2 rings (SSSR count). The number of rotatable bonds is 5. The van der Waals surface area contributed by atoms with Crippen LogP contribution in [-0.2, 0) is 0 Å². The van der Waals surface area contributed by atoms with E-state index in [-0.39, 0.29) is 0 Å². The van der Waals surface area contributed by atoms with Gasteiger partial charge in [0, 0.05) is 43.1 Å². The van der Waals surface area contributed by atoms with E-state index in [1.165, 1.54) is 22.4 Å². The van der Waals surface area contributed by atoms with Crippen LogP contribution in [0.15, 0.2) is 36.4 Å². The Hall–Kier alpha value is -1.87. The van der Waals surface area contributed by atoms with Gasteiger partial charge in [0.05, 0.1) is 6.54 Å². The lowest BCUT2D eigenvalue weighted by molar-refractivity contribution is 0.312. The van der Waals surface area contributed by atoms with Gasteiger partial charge in [0.2, 0.25) is 0 Å². The molecule has 1 aromatic rings. The summed E-state index contributed by atoms with van der Waals surface area (Å²) in [4.78, 5) is 9.48. The minimum atomic E-state index is 0.652. The Morgan fingerprint density at radius 2 is 1.83 bits per heavy atom. The van der Waals surface area contributed by atoms with Crippen LogP contribution in [-0.4, -0.2) is 50.4 Å². The van der Waals surface area contributed by atoms with Crippen molar-refractivity contribution in [2.75, 3.05) is 44.7 Å². The molecule has 0 spiro atoms. The van der Waals surface area contributed by atoms with Crippen molar-refractivity contribution in [1.82, 2.24) is 4.90 Å². The summed E-state index contributed by atoms with van der Waals surface area (Å²) >= 11 is 0. The third kappa shape index (κ3) is 4.11. The van der Waals surface area contributed by atoms with Gasteiger partial charge in [0.25, 0.3) is 0 Å².